The van der Waals surface area contributed by atoms with Crippen LogP contribution >= 0.6 is 11.6 Å². The zero-order valence-electron chi connectivity index (χ0n) is 10.5. The Kier molecular flexibility index (Phi) is 4.77. The summed E-state index contributed by atoms with van der Waals surface area (Å²) in [6, 6.07) is 4.69. The number of halogens is 2. The van der Waals surface area contributed by atoms with Crippen LogP contribution in [-0.2, 0) is 11.3 Å². The molecule has 0 aromatic heterocycles. The molecule has 1 aromatic rings. The van der Waals surface area contributed by atoms with E-state index in [1.165, 1.54) is 12.1 Å². The first-order valence-corrected chi connectivity index (χ1v) is 6.84. The van der Waals surface area contributed by atoms with E-state index < -0.39 is 5.97 Å². The van der Waals surface area contributed by atoms with Crippen molar-refractivity contribution in [2.45, 2.75) is 38.3 Å². The van der Waals surface area contributed by atoms with Crippen molar-refractivity contribution in [3.63, 3.8) is 0 Å². The SMILES string of the molecule is O=C(O)C1CCC(NCc2ccc(F)cc2Cl)CC1. The normalized spacial score (nSPS) is 23.3. The molecule has 104 valence electrons. The van der Waals surface area contributed by atoms with Crippen LogP contribution < -0.4 is 5.32 Å². The van der Waals surface area contributed by atoms with Gasteiger partial charge in [-0.15, -0.1) is 0 Å². The van der Waals surface area contributed by atoms with Crippen LogP contribution in [-0.4, -0.2) is 17.1 Å². The van der Waals surface area contributed by atoms with Gasteiger partial charge in [-0.05, 0) is 43.4 Å². The summed E-state index contributed by atoms with van der Waals surface area (Å²) in [4.78, 5) is 10.8. The Morgan fingerprint density at radius 2 is 2.05 bits per heavy atom. The van der Waals surface area contributed by atoms with E-state index in [1.807, 2.05) is 0 Å². The quantitative estimate of drug-likeness (QED) is 0.893. The molecule has 2 rings (SSSR count). The summed E-state index contributed by atoms with van der Waals surface area (Å²) in [7, 11) is 0. The van der Waals surface area contributed by atoms with Gasteiger partial charge in [0.05, 0.1) is 5.92 Å². The van der Waals surface area contributed by atoms with E-state index in [0.717, 1.165) is 18.4 Å². The predicted molar refractivity (Wildman–Crippen MR) is 71.6 cm³/mol. The maximum atomic E-state index is 12.9. The molecule has 1 aliphatic carbocycles. The van der Waals surface area contributed by atoms with Crippen molar-refractivity contribution in [3.8, 4) is 0 Å². The highest BCUT2D eigenvalue weighted by Gasteiger charge is 2.25. The van der Waals surface area contributed by atoms with Gasteiger partial charge in [0.1, 0.15) is 5.82 Å². The highest BCUT2D eigenvalue weighted by Crippen LogP contribution is 2.25. The molecule has 1 saturated carbocycles. The Labute approximate surface area is 116 Å². The Morgan fingerprint density at radius 1 is 1.37 bits per heavy atom. The van der Waals surface area contributed by atoms with Crippen molar-refractivity contribution in [2.75, 3.05) is 0 Å². The molecule has 0 spiro atoms. The third-order valence-electron chi connectivity index (χ3n) is 3.67. The summed E-state index contributed by atoms with van der Waals surface area (Å²) in [5, 5.41) is 12.7. The molecule has 5 heteroatoms. The Balaban J connectivity index is 1.82. The lowest BCUT2D eigenvalue weighted by molar-refractivity contribution is -0.142. The lowest BCUT2D eigenvalue weighted by atomic mass is 9.86. The molecule has 0 radical (unpaired) electrons. The fraction of sp³-hybridized carbons (Fsp3) is 0.500. The second-order valence-corrected chi connectivity index (χ2v) is 5.41. The van der Waals surface area contributed by atoms with Crippen LogP contribution in [0.4, 0.5) is 4.39 Å². The van der Waals surface area contributed by atoms with Crippen LogP contribution in [0, 0.1) is 11.7 Å². The minimum Gasteiger partial charge on any atom is -0.481 e. The topological polar surface area (TPSA) is 49.3 Å². The molecule has 0 bridgehead atoms. The number of nitrogens with one attached hydrogen (secondary N) is 1. The van der Waals surface area contributed by atoms with Crippen LogP contribution in [0.5, 0.6) is 0 Å². The van der Waals surface area contributed by atoms with Gasteiger partial charge in [-0.3, -0.25) is 4.79 Å². The van der Waals surface area contributed by atoms with Gasteiger partial charge in [0.25, 0.3) is 0 Å². The zero-order chi connectivity index (χ0) is 13.8. The summed E-state index contributed by atoms with van der Waals surface area (Å²) in [6.07, 6.45) is 3.14. The summed E-state index contributed by atoms with van der Waals surface area (Å²) < 4.78 is 12.9. The predicted octanol–water partition coefficient (Wildman–Crippen LogP) is 3.21. The molecule has 3 nitrogen and oxygen atoms in total. The molecule has 0 atom stereocenters. The first-order chi connectivity index (χ1) is 9.06. The third-order valence-corrected chi connectivity index (χ3v) is 4.02. The molecule has 19 heavy (non-hydrogen) atoms. The van der Waals surface area contributed by atoms with Crippen molar-refractivity contribution in [3.05, 3.63) is 34.6 Å². The number of hydrogen-bond acceptors (Lipinski definition) is 2. The molecular weight excluding hydrogens is 269 g/mol. The summed E-state index contributed by atoms with van der Waals surface area (Å²) in [5.41, 5.74) is 0.864. The molecule has 1 aromatic carbocycles. The fourth-order valence-corrected chi connectivity index (χ4v) is 2.70. The number of carboxylic acids is 1. The molecule has 1 fully saturated rings. The summed E-state index contributed by atoms with van der Waals surface area (Å²) >= 11 is 5.95. The number of rotatable bonds is 4. The van der Waals surface area contributed by atoms with Crippen molar-refractivity contribution < 1.29 is 14.3 Å². The van der Waals surface area contributed by atoms with Gasteiger partial charge in [-0.1, -0.05) is 17.7 Å². The largest absolute Gasteiger partial charge is 0.481 e. The highest BCUT2D eigenvalue weighted by atomic mass is 35.5. The van der Waals surface area contributed by atoms with Crippen LogP contribution in [0.1, 0.15) is 31.2 Å². The Hall–Kier alpha value is -1.13. The number of hydrogen-bond donors (Lipinski definition) is 2. The molecule has 2 N–H and O–H groups in total. The second kappa shape index (κ2) is 6.35. The van der Waals surface area contributed by atoms with Crippen molar-refractivity contribution in [2.24, 2.45) is 5.92 Å². The van der Waals surface area contributed by atoms with Crippen LogP contribution in [0.25, 0.3) is 0 Å². The highest BCUT2D eigenvalue weighted by molar-refractivity contribution is 6.31. The first kappa shape index (κ1) is 14.3. The maximum absolute atomic E-state index is 12.9. The van der Waals surface area contributed by atoms with Gasteiger partial charge in [0, 0.05) is 17.6 Å². The standard InChI is InChI=1S/C14H17ClFNO2/c15-13-7-11(16)4-1-10(13)8-17-12-5-2-9(3-6-12)14(18)19/h1,4,7,9,12,17H,2-3,5-6,8H2,(H,18,19). The smallest absolute Gasteiger partial charge is 0.306 e. The van der Waals surface area contributed by atoms with Gasteiger partial charge in [-0.2, -0.15) is 0 Å². The molecule has 0 amide bonds. The first-order valence-electron chi connectivity index (χ1n) is 6.46. The number of carboxylic acid groups (broad SMARTS) is 1. The number of aliphatic carboxylic acids is 1. The molecule has 0 heterocycles. The van der Waals surface area contributed by atoms with Gasteiger partial charge < -0.3 is 10.4 Å². The number of benzene rings is 1. The van der Waals surface area contributed by atoms with Crippen molar-refractivity contribution in [1.82, 2.24) is 5.32 Å². The van der Waals surface area contributed by atoms with Gasteiger partial charge in [-0.25, -0.2) is 4.39 Å². The molecule has 1 aliphatic rings. The van der Waals surface area contributed by atoms with E-state index >= 15 is 0 Å². The maximum Gasteiger partial charge on any atom is 0.306 e. The molecule has 0 unspecified atom stereocenters. The van der Waals surface area contributed by atoms with Gasteiger partial charge in [0.2, 0.25) is 0 Å². The lowest BCUT2D eigenvalue weighted by Gasteiger charge is -2.27. The average molecular weight is 286 g/mol. The zero-order valence-corrected chi connectivity index (χ0v) is 11.3. The van der Waals surface area contributed by atoms with E-state index in [1.54, 1.807) is 6.07 Å². The minimum absolute atomic E-state index is 0.201. The van der Waals surface area contributed by atoms with Crippen LogP contribution in [0.2, 0.25) is 5.02 Å². The van der Waals surface area contributed by atoms with Gasteiger partial charge >= 0.3 is 5.97 Å². The second-order valence-electron chi connectivity index (χ2n) is 5.00. The van der Waals surface area contributed by atoms with E-state index in [2.05, 4.69) is 5.32 Å². The average Bonchev–Trinajstić information content (AvgIpc) is 2.38. The van der Waals surface area contributed by atoms with E-state index in [4.69, 9.17) is 16.7 Å². The molecule has 0 saturated heterocycles. The monoisotopic (exact) mass is 285 g/mol. The van der Waals surface area contributed by atoms with E-state index in [0.29, 0.717) is 30.5 Å². The third kappa shape index (κ3) is 3.91. The van der Waals surface area contributed by atoms with Crippen molar-refractivity contribution in [1.29, 1.82) is 0 Å². The van der Waals surface area contributed by atoms with Crippen molar-refractivity contribution >= 4 is 17.6 Å². The Morgan fingerprint density at radius 3 is 2.63 bits per heavy atom. The van der Waals surface area contributed by atoms with Crippen LogP contribution in [0.15, 0.2) is 18.2 Å². The molecule has 0 aliphatic heterocycles. The van der Waals surface area contributed by atoms with Gasteiger partial charge in [0.15, 0.2) is 0 Å². The van der Waals surface area contributed by atoms with E-state index in [9.17, 15) is 9.18 Å². The van der Waals surface area contributed by atoms with E-state index in [-0.39, 0.29) is 11.7 Å². The fourth-order valence-electron chi connectivity index (χ4n) is 2.46. The Bertz CT molecular complexity index is 459. The number of carbonyl (C=O) groups is 1. The molecular formula is C14H17ClFNO2. The lowest BCUT2D eigenvalue weighted by Crippen LogP contribution is -2.34. The minimum atomic E-state index is -0.694. The summed E-state index contributed by atoms with van der Waals surface area (Å²) in [6.45, 7) is 0.585. The summed E-state index contributed by atoms with van der Waals surface area (Å²) in [5.74, 6) is -1.23. The van der Waals surface area contributed by atoms with Crippen LogP contribution in [0.3, 0.4) is 0 Å².